The highest BCUT2D eigenvalue weighted by molar-refractivity contribution is 5.84. The smallest absolute Gasteiger partial charge is 0.319 e. The van der Waals surface area contributed by atoms with E-state index < -0.39 is 5.41 Å². The monoisotopic (exact) mass is 304 g/mol. The van der Waals surface area contributed by atoms with Gasteiger partial charge in [0, 0.05) is 6.61 Å². The van der Waals surface area contributed by atoms with Gasteiger partial charge in [0.15, 0.2) is 0 Å². The summed E-state index contributed by atoms with van der Waals surface area (Å²) in [4.78, 5) is 12.9. The van der Waals surface area contributed by atoms with Crippen molar-refractivity contribution in [1.29, 1.82) is 0 Å². The van der Waals surface area contributed by atoms with Gasteiger partial charge in [0.1, 0.15) is 5.41 Å². The van der Waals surface area contributed by atoms with E-state index in [2.05, 4.69) is 20.8 Å². The zero-order valence-corrected chi connectivity index (χ0v) is 14.0. The van der Waals surface area contributed by atoms with Crippen molar-refractivity contribution in [2.24, 2.45) is 5.92 Å². The number of benzene rings is 1. The molecule has 122 valence electrons. The minimum absolute atomic E-state index is 0.0745. The van der Waals surface area contributed by atoms with Crippen LogP contribution in [0.4, 0.5) is 0 Å². The summed E-state index contributed by atoms with van der Waals surface area (Å²) in [6.45, 7) is 7.37. The van der Waals surface area contributed by atoms with Crippen molar-refractivity contribution in [3.8, 4) is 0 Å². The average molecular weight is 304 g/mol. The van der Waals surface area contributed by atoms with E-state index >= 15 is 0 Å². The predicted molar refractivity (Wildman–Crippen MR) is 87.8 cm³/mol. The molecule has 1 aromatic rings. The highest BCUT2D eigenvalue weighted by Gasteiger charge is 2.52. The van der Waals surface area contributed by atoms with Gasteiger partial charge >= 0.3 is 5.97 Å². The van der Waals surface area contributed by atoms with E-state index in [-0.39, 0.29) is 12.1 Å². The number of hydrogen-bond acceptors (Lipinski definition) is 3. The highest BCUT2D eigenvalue weighted by atomic mass is 16.5. The Labute approximate surface area is 134 Å². The highest BCUT2D eigenvalue weighted by Crippen LogP contribution is 2.44. The van der Waals surface area contributed by atoms with Crippen LogP contribution in [0.25, 0.3) is 0 Å². The quantitative estimate of drug-likeness (QED) is 0.711. The molecule has 1 aromatic carbocycles. The molecule has 1 aliphatic carbocycles. The number of rotatable bonds is 7. The molecule has 0 aromatic heterocycles. The first kappa shape index (κ1) is 17.0. The number of hydrogen-bond donors (Lipinski definition) is 0. The third kappa shape index (κ3) is 3.52. The van der Waals surface area contributed by atoms with Crippen LogP contribution in [0.5, 0.6) is 0 Å². The molecule has 0 amide bonds. The Hall–Kier alpha value is -1.35. The molecule has 3 nitrogen and oxygen atoms in total. The molecule has 2 rings (SSSR count). The Balaban J connectivity index is 2.30. The summed E-state index contributed by atoms with van der Waals surface area (Å²) in [5.41, 5.74) is 0.396. The third-order valence-electron chi connectivity index (χ3n) is 4.31. The van der Waals surface area contributed by atoms with Crippen LogP contribution >= 0.6 is 0 Å². The second-order valence-electron chi connectivity index (χ2n) is 6.58. The van der Waals surface area contributed by atoms with Crippen LogP contribution in [0.1, 0.15) is 52.0 Å². The molecular weight excluding hydrogens is 276 g/mol. The van der Waals surface area contributed by atoms with Crippen molar-refractivity contribution >= 4 is 5.97 Å². The van der Waals surface area contributed by atoms with Crippen molar-refractivity contribution < 1.29 is 14.3 Å². The third-order valence-corrected chi connectivity index (χ3v) is 4.31. The maximum atomic E-state index is 12.9. The van der Waals surface area contributed by atoms with Gasteiger partial charge in [-0.15, -0.1) is 0 Å². The lowest BCUT2D eigenvalue weighted by molar-refractivity contribution is -0.157. The minimum atomic E-state index is -0.634. The van der Waals surface area contributed by atoms with E-state index in [1.165, 1.54) is 0 Å². The maximum absolute atomic E-state index is 12.9. The van der Waals surface area contributed by atoms with Gasteiger partial charge in [-0.25, -0.2) is 0 Å². The first-order valence-electron chi connectivity index (χ1n) is 8.45. The normalized spacial score (nSPS) is 24.6. The molecular formula is C19H28O3. The van der Waals surface area contributed by atoms with Gasteiger partial charge in [-0.2, -0.15) is 0 Å². The number of carbonyl (C=O) groups is 1. The zero-order chi connectivity index (χ0) is 16.0. The SMILES string of the molecule is CCCOC1CCCC1(C(=O)OCC(C)C)c1ccccc1. The topological polar surface area (TPSA) is 35.5 Å². The Morgan fingerprint density at radius 3 is 2.68 bits per heavy atom. The second-order valence-corrected chi connectivity index (χ2v) is 6.58. The molecule has 0 saturated heterocycles. The van der Waals surface area contributed by atoms with Crippen molar-refractivity contribution in [2.45, 2.75) is 58.0 Å². The van der Waals surface area contributed by atoms with Gasteiger partial charge in [-0.3, -0.25) is 4.79 Å². The fraction of sp³-hybridized carbons (Fsp3) is 0.632. The van der Waals surface area contributed by atoms with Crippen molar-refractivity contribution in [3.63, 3.8) is 0 Å². The average Bonchev–Trinajstić information content (AvgIpc) is 2.96. The van der Waals surface area contributed by atoms with Gasteiger partial charge in [-0.1, -0.05) is 51.1 Å². The molecule has 0 N–H and O–H groups in total. The van der Waals surface area contributed by atoms with Gasteiger partial charge < -0.3 is 9.47 Å². The van der Waals surface area contributed by atoms with E-state index in [9.17, 15) is 4.79 Å². The molecule has 0 radical (unpaired) electrons. The first-order valence-corrected chi connectivity index (χ1v) is 8.45. The number of carbonyl (C=O) groups excluding carboxylic acids is 1. The standard InChI is InChI=1S/C19H28O3/c1-4-13-21-17-11-8-12-19(17,16-9-6-5-7-10-16)18(20)22-14-15(2)3/h5-7,9-10,15,17H,4,8,11-14H2,1-3H3. The van der Waals surface area contributed by atoms with Gasteiger partial charge in [0.05, 0.1) is 12.7 Å². The van der Waals surface area contributed by atoms with E-state index in [4.69, 9.17) is 9.47 Å². The molecule has 0 aliphatic heterocycles. The largest absolute Gasteiger partial charge is 0.465 e. The fourth-order valence-corrected chi connectivity index (χ4v) is 3.25. The predicted octanol–water partition coefficient (Wildman–Crippen LogP) is 4.10. The molecule has 2 unspecified atom stereocenters. The van der Waals surface area contributed by atoms with Gasteiger partial charge in [0.25, 0.3) is 0 Å². The van der Waals surface area contributed by atoms with Gasteiger partial charge in [0.2, 0.25) is 0 Å². The first-order chi connectivity index (χ1) is 10.6. The molecule has 1 fully saturated rings. The van der Waals surface area contributed by atoms with Crippen molar-refractivity contribution in [2.75, 3.05) is 13.2 Å². The van der Waals surface area contributed by atoms with Crippen LogP contribution in [0, 0.1) is 5.92 Å². The fourth-order valence-electron chi connectivity index (χ4n) is 3.25. The van der Waals surface area contributed by atoms with Crippen molar-refractivity contribution in [1.82, 2.24) is 0 Å². The molecule has 2 atom stereocenters. The Morgan fingerprint density at radius 2 is 2.05 bits per heavy atom. The molecule has 1 saturated carbocycles. The second kappa shape index (κ2) is 7.77. The molecule has 0 spiro atoms. The van der Waals surface area contributed by atoms with E-state index in [0.29, 0.717) is 19.1 Å². The Kier molecular flexibility index (Phi) is 6.01. The lowest BCUT2D eigenvalue weighted by Crippen LogP contribution is -2.45. The minimum Gasteiger partial charge on any atom is -0.465 e. The number of esters is 1. The molecule has 22 heavy (non-hydrogen) atoms. The Morgan fingerprint density at radius 1 is 1.32 bits per heavy atom. The van der Waals surface area contributed by atoms with Crippen LogP contribution < -0.4 is 0 Å². The maximum Gasteiger partial charge on any atom is 0.319 e. The van der Waals surface area contributed by atoms with Crippen LogP contribution in [0.15, 0.2) is 30.3 Å². The van der Waals surface area contributed by atoms with E-state index in [1.807, 2.05) is 30.3 Å². The van der Waals surface area contributed by atoms with Crippen molar-refractivity contribution in [3.05, 3.63) is 35.9 Å². The number of ether oxygens (including phenoxy) is 2. The lowest BCUT2D eigenvalue weighted by Gasteiger charge is -2.34. The van der Waals surface area contributed by atoms with Crippen LogP contribution in [-0.2, 0) is 19.7 Å². The summed E-state index contributed by atoms with van der Waals surface area (Å²) in [7, 11) is 0. The summed E-state index contributed by atoms with van der Waals surface area (Å²) in [5.74, 6) is 0.221. The van der Waals surface area contributed by atoms with Crippen LogP contribution in [0.3, 0.4) is 0 Å². The molecule has 3 heteroatoms. The molecule has 1 aliphatic rings. The van der Waals surface area contributed by atoms with Crippen LogP contribution in [0.2, 0.25) is 0 Å². The summed E-state index contributed by atoms with van der Waals surface area (Å²) >= 11 is 0. The van der Waals surface area contributed by atoms with E-state index in [1.54, 1.807) is 0 Å². The molecule has 0 heterocycles. The zero-order valence-electron chi connectivity index (χ0n) is 14.0. The summed E-state index contributed by atoms with van der Waals surface area (Å²) in [6.07, 6.45) is 3.62. The van der Waals surface area contributed by atoms with Crippen LogP contribution in [-0.4, -0.2) is 25.3 Å². The summed E-state index contributed by atoms with van der Waals surface area (Å²) in [5, 5.41) is 0. The summed E-state index contributed by atoms with van der Waals surface area (Å²) in [6, 6.07) is 10.0. The Bertz CT molecular complexity index is 469. The summed E-state index contributed by atoms with van der Waals surface area (Å²) < 4.78 is 11.7. The van der Waals surface area contributed by atoms with Gasteiger partial charge in [-0.05, 0) is 37.2 Å². The van der Waals surface area contributed by atoms with E-state index in [0.717, 1.165) is 31.2 Å². The lowest BCUT2D eigenvalue weighted by atomic mass is 9.77. The molecule has 0 bridgehead atoms.